The minimum absolute atomic E-state index is 0.153. The highest BCUT2D eigenvalue weighted by Crippen LogP contribution is 2.31. The van der Waals surface area contributed by atoms with Crippen LogP contribution in [0, 0.1) is 10.1 Å². The number of ether oxygens (including phenoxy) is 1. The van der Waals surface area contributed by atoms with E-state index in [2.05, 4.69) is 26.0 Å². The summed E-state index contributed by atoms with van der Waals surface area (Å²) in [5.41, 5.74) is -0.114. The zero-order chi connectivity index (χ0) is 24.1. The number of aliphatic carboxylic acids is 1. The third-order valence-corrected chi connectivity index (χ3v) is 5.30. The van der Waals surface area contributed by atoms with E-state index in [0.29, 0.717) is 27.6 Å². The lowest BCUT2D eigenvalue weighted by Crippen LogP contribution is -2.24. The molecular formula is C22H21BrN4O6. The second-order valence-electron chi connectivity index (χ2n) is 7.21. The number of aromatic nitrogens is 2. The van der Waals surface area contributed by atoms with Crippen LogP contribution in [0.5, 0.6) is 5.75 Å². The molecular weight excluding hydrogens is 496 g/mol. The molecule has 1 N–H and O–H groups in total. The normalized spacial score (nSPS) is 12.2. The summed E-state index contributed by atoms with van der Waals surface area (Å²) in [6, 6.07) is 9.30. The molecule has 1 heterocycles. The van der Waals surface area contributed by atoms with Crippen LogP contribution in [0.4, 0.5) is 5.69 Å². The van der Waals surface area contributed by atoms with Crippen LogP contribution in [0.25, 0.3) is 10.9 Å². The van der Waals surface area contributed by atoms with Gasteiger partial charge in [-0.1, -0.05) is 35.3 Å². The van der Waals surface area contributed by atoms with E-state index in [0.717, 1.165) is 17.5 Å². The highest BCUT2D eigenvalue weighted by Gasteiger charge is 2.23. The monoisotopic (exact) mass is 516 g/mol. The molecule has 0 aliphatic carbocycles. The van der Waals surface area contributed by atoms with E-state index < -0.39 is 28.2 Å². The van der Waals surface area contributed by atoms with Gasteiger partial charge in [0.1, 0.15) is 5.82 Å². The van der Waals surface area contributed by atoms with E-state index in [9.17, 15) is 19.7 Å². The molecule has 33 heavy (non-hydrogen) atoms. The lowest BCUT2D eigenvalue weighted by Gasteiger charge is -2.13. The molecule has 0 bridgehead atoms. The van der Waals surface area contributed by atoms with Crippen molar-refractivity contribution in [3.8, 4) is 5.75 Å². The van der Waals surface area contributed by atoms with Crippen LogP contribution in [-0.4, -0.2) is 38.0 Å². The summed E-state index contributed by atoms with van der Waals surface area (Å²) in [4.78, 5) is 39.8. The maximum Gasteiger partial charge on any atom is 0.344 e. The number of rotatable bonds is 9. The molecule has 10 nitrogen and oxygen atoms in total. The fourth-order valence-corrected chi connectivity index (χ4v) is 3.43. The number of benzene rings is 2. The molecule has 0 fully saturated rings. The maximum absolute atomic E-state index is 13.2. The first-order valence-corrected chi connectivity index (χ1v) is 10.9. The number of carbonyl (C=O) groups is 1. The number of carboxylic acid groups (broad SMARTS) is 1. The highest BCUT2D eigenvalue weighted by molar-refractivity contribution is 9.10. The number of nitro benzene ring substituents is 1. The third-order valence-electron chi connectivity index (χ3n) is 4.81. The van der Waals surface area contributed by atoms with Gasteiger partial charge in [-0.25, -0.2) is 9.78 Å². The smallest absolute Gasteiger partial charge is 0.344 e. The standard InChI is InChI=1S/C22H21BrN4O6/c1-3-4-8-19-25-17-10-9-15(23)11-16(17)21(28)26(19)24-12-14-6-5-7-18(27(31)32)20(14)33-13(2)22(29)30/h5-7,9-13H,3-4,8H2,1-2H3,(H,29,30)/t13-/m1/s1. The van der Waals surface area contributed by atoms with Gasteiger partial charge in [0.25, 0.3) is 5.56 Å². The van der Waals surface area contributed by atoms with Crippen molar-refractivity contribution in [1.82, 2.24) is 9.66 Å². The molecule has 0 amide bonds. The van der Waals surface area contributed by atoms with Crippen LogP contribution in [0.3, 0.4) is 0 Å². The van der Waals surface area contributed by atoms with Gasteiger partial charge >= 0.3 is 11.7 Å². The number of halogens is 1. The van der Waals surface area contributed by atoms with Gasteiger partial charge in [0.2, 0.25) is 5.75 Å². The van der Waals surface area contributed by atoms with Crippen molar-refractivity contribution in [2.24, 2.45) is 5.10 Å². The quantitative estimate of drug-likeness (QED) is 0.256. The van der Waals surface area contributed by atoms with Crippen molar-refractivity contribution >= 4 is 44.7 Å². The van der Waals surface area contributed by atoms with E-state index in [1.165, 1.54) is 31.3 Å². The van der Waals surface area contributed by atoms with Crippen molar-refractivity contribution in [3.63, 3.8) is 0 Å². The van der Waals surface area contributed by atoms with E-state index >= 15 is 0 Å². The Balaban J connectivity index is 2.16. The largest absolute Gasteiger partial charge is 0.479 e. The van der Waals surface area contributed by atoms with Gasteiger partial charge < -0.3 is 9.84 Å². The molecule has 0 spiro atoms. The van der Waals surface area contributed by atoms with Gasteiger partial charge in [-0.05, 0) is 37.6 Å². The van der Waals surface area contributed by atoms with Gasteiger partial charge in [0.15, 0.2) is 6.10 Å². The number of carboxylic acids is 1. The summed E-state index contributed by atoms with van der Waals surface area (Å²) in [6.45, 7) is 3.28. The summed E-state index contributed by atoms with van der Waals surface area (Å²) < 4.78 is 7.23. The zero-order valence-electron chi connectivity index (χ0n) is 17.9. The van der Waals surface area contributed by atoms with E-state index in [1.54, 1.807) is 18.2 Å². The van der Waals surface area contributed by atoms with Gasteiger partial charge in [-0.15, -0.1) is 0 Å². The number of hydrogen-bond donors (Lipinski definition) is 1. The Morgan fingerprint density at radius 1 is 1.39 bits per heavy atom. The van der Waals surface area contributed by atoms with Gasteiger partial charge in [0, 0.05) is 22.5 Å². The predicted octanol–water partition coefficient (Wildman–Crippen LogP) is 4.14. The van der Waals surface area contributed by atoms with Crippen LogP contribution in [-0.2, 0) is 11.2 Å². The van der Waals surface area contributed by atoms with Crippen molar-refractivity contribution in [1.29, 1.82) is 0 Å². The number of aryl methyl sites for hydroxylation is 1. The fourth-order valence-electron chi connectivity index (χ4n) is 3.07. The lowest BCUT2D eigenvalue weighted by molar-refractivity contribution is -0.386. The second kappa shape index (κ2) is 10.3. The van der Waals surface area contributed by atoms with Crippen molar-refractivity contribution < 1.29 is 19.6 Å². The molecule has 3 aromatic rings. The van der Waals surface area contributed by atoms with Crippen LogP contribution < -0.4 is 10.3 Å². The first-order valence-electron chi connectivity index (χ1n) is 10.1. The van der Waals surface area contributed by atoms with Crippen molar-refractivity contribution in [2.45, 2.75) is 39.2 Å². The Hall–Kier alpha value is -3.60. The summed E-state index contributed by atoms with van der Waals surface area (Å²) in [7, 11) is 0. The van der Waals surface area contributed by atoms with E-state index in [1.807, 2.05) is 6.92 Å². The Labute approximate surface area is 196 Å². The zero-order valence-corrected chi connectivity index (χ0v) is 19.5. The SMILES string of the molecule is CCCCc1nc2ccc(Br)cc2c(=O)n1N=Cc1cccc([N+](=O)[O-])c1O[C@H](C)C(=O)O. The first kappa shape index (κ1) is 24.1. The number of para-hydroxylation sites is 1. The molecule has 0 unspecified atom stereocenters. The Morgan fingerprint density at radius 2 is 2.15 bits per heavy atom. The average Bonchev–Trinajstić information content (AvgIpc) is 2.78. The van der Waals surface area contributed by atoms with Gasteiger partial charge in [0.05, 0.1) is 22.0 Å². The summed E-state index contributed by atoms with van der Waals surface area (Å²) >= 11 is 3.35. The van der Waals surface area contributed by atoms with Crippen LogP contribution in [0.2, 0.25) is 0 Å². The van der Waals surface area contributed by atoms with Crippen LogP contribution >= 0.6 is 15.9 Å². The minimum atomic E-state index is -1.33. The summed E-state index contributed by atoms with van der Waals surface area (Å²) in [5.74, 6) is -1.08. The predicted molar refractivity (Wildman–Crippen MR) is 126 cm³/mol. The lowest BCUT2D eigenvalue weighted by atomic mass is 10.2. The van der Waals surface area contributed by atoms with E-state index in [-0.39, 0.29) is 11.3 Å². The van der Waals surface area contributed by atoms with Crippen LogP contribution in [0.15, 0.2) is 50.8 Å². The topological polar surface area (TPSA) is 137 Å². The summed E-state index contributed by atoms with van der Waals surface area (Å²) in [5, 5.41) is 25.3. The molecule has 1 atom stereocenters. The highest BCUT2D eigenvalue weighted by atomic mass is 79.9. The third kappa shape index (κ3) is 5.43. The molecule has 11 heteroatoms. The minimum Gasteiger partial charge on any atom is -0.479 e. The molecule has 0 radical (unpaired) electrons. The number of unbranched alkanes of at least 4 members (excludes halogenated alkanes) is 1. The van der Waals surface area contributed by atoms with E-state index in [4.69, 9.17) is 9.84 Å². The van der Waals surface area contributed by atoms with Crippen molar-refractivity contribution in [3.05, 3.63) is 72.7 Å². The van der Waals surface area contributed by atoms with Crippen molar-refractivity contribution in [2.75, 3.05) is 0 Å². The Kier molecular flexibility index (Phi) is 7.54. The van der Waals surface area contributed by atoms with Gasteiger partial charge in [-0.3, -0.25) is 14.9 Å². The number of nitro groups is 1. The number of hydrogen-bond acceptors (Lipinski definition) is 7. The molecule has 3 rings (SSSR count). The molecule has 0 saturated carbocycles. The molecule has 1 aromatic heterocycles. The molecule has 0 aliphatic heterocycles. The molecule has 2 aromatic carbocycles. The Morgan fingerprint density at radius 3 is 2.82 bits per heavy atom. The molecule has 0 aliphatic rings. The van der Waals surface area contributed by atoms with Crippen LogP contribution in [0.1, 0.15) is 38.1 Å². The second-order valence-corrected chi connectivity index (χ2v) is 8.12. The number of nitrogens with zero attached hydrogens (tertiary/aromatic N) is 4. The first-order chi connectivity index (χ1) is 15.7. The molecule has 0 saturated heterocycles. The number of fused-ring (bicyclic) bond motifs is 1. The fraction of sp³-hybridized carbons (Fsp3) is 0.273. The molecule has 172 valence electrons. The van der Waals surface area contributed by atoms with Gasteiger partial charge in [-0.2, -0.15) is 9.78 Å². The average molecular weight is 517 g/mol. The Bertz CT molecular complexity index is 1300. The summed E-state index contributed by atoms with van der Waals surface area (Å²) in [6.07, 6.45) is 2.07. The maximum atomic E-state index is 13.2.